The first kappa shape index (κ1) is 15.4. The molecule has 118 valence electrons. The van der Waals surface area contributed by atoms with Crippen LogP contribution in [0.5, 0.6) is 0 Å². The highest BCUT2D eigenvalue weighted by molar-refractivity contribution is 6.30. The summed E-state index contributed by atoms with van der Waals surface area (Å²) in [6, 6.07) is 27.7. The summed E-state index contributed by atoms with van der Waals surface area (Å²) in [7, 11) is 0. The van der Waals surface area contributed by atoms with E-state index >= 15 is 0 Å². The summed E-state index contributed by atoms with van der Waals surface area (Å²) in [6.07, 6.45) is 0. The van der Waals surface area contributed by atoms with Gasteiger partial charge in [-0.15, -0.1) is 0 Å². The van der Waals surface area contributed by atoms with Crippen molar-refractivity contribution < 1.29 is 0 Å². The van der Waals surface area contributed by atoms with Crippen LogP contribution in [0.2, 0.25) is 5.02 Å². The van der Waals surface area contributed by atoms with Gasteiger partial charge >= 0.3 is 0 Å². The number of hydrogen-bond acceptors (Lipinski definition) is 2. The van der Waals surface area contributed by atoms with Gasteiger partial charge in [-0.2, -0.15) is 5.26 Å². The Bertz CT molecular complexity index is 1090. The highest BCUT2D eigenvalue weighted by Crippen LogP contribution is 2.32. The topological polar surface area (TPSA) is 36.7 Å². The first-order chi connectivity index (χ1) is 12.2. The van der Waals surface area contributed by atoms with Crippen molar-refractivity contribution in [2.75, 3.05) is 0 Å². The molecule has 4 aromatic rings. The van der Waals surface area contributed by atoms with E-state index in [0.717, 1.165) is 38.3 Å². The van der Waals surface area contributed by atoms with Crippen molar-refractivity contribution in [1.29, 1.82) is 5.26 Å². The van der Waals surface area contributed by atoms with Gasteiger partial charge in [0.05, 0.1) is 22.8 Å². The number of aromatic nitrogens is 1. The van der Waals surface area contributed by atoms with Gasteiger partial charge in [0.2, 0.25) is 0 Å². The maximum Gasteiger partial charge on any atom is 0.0991 e. The smallest absolute Gasteiger partial charge is 0.0991 e. The zero-order valence-corrected chi connectivity index (χ0v) is 14.0. The van der Waals surface area contributed by atoms with Gasteiger partial charge in [0, 0.05) is 16.0 Å². The van der Waals surface area contributed by atoms with E-state index in [1.165, 1.54) is 0 Å². The Balaban J connectivity index is 1.94. The standard InChI is InChI=1S/C22H13ClN2/c23-18-11-9-16(10-12-18)20-13-22(17-7-5-15(14-24)6-8-17)25-21-4-2-1-3-19(20)21/h1-13H. The molecular formula is C22H13ClN2. The van der Waals surface area contributed by atoms with Crippen LogP contribution in [0.1, 0.15) is 5.56 Å². The predicted molar refractivity (Wildman–Crippen MR) is 102 cm³/mol. The number of rotatable bonds is 2. The van der Waals surface area contributed by atoms with Crippen molar-refractivity contribution in [2.24, 2.45) is 0 Å². The lowest BCUT2D eigenvalue weighted by Crippen LogP contribution is -1.90. The summed E-state index contributed by atoms with van der Waals surface area (Å²) in [4.78, 5) is 4.80. The Hall–Kier alpha value is -3.15. The van der Waals surface area contributed by atoms with Gasteiger partial charge in [0.25, 0.3) is 0 Å². The monoisotopic (exact) mass is 340 g/mol. The molecule has 4 rings (SSSR count). The molecule has 25 heavy (non-hydrogen) atoms. The fraction of sp³-hybridized carbons (Fsp3) is 0. The number of benzene rings is 3. The molecule has 1 aromatic heterocycles. The zero-order valence-electron chi connectivity index (χ0n) is 13.3. The lowest BCUT2D eigenvalue weighted by atomic mass is 9.98. The van der Waals surface area contributed by atoms with Crippen LogP contribution in [0, 0.1) is 11.3 Å². The minimum Gasteiger partial charge on any atom is -0.248 e. The molecule has 0 saturated carbocycles. The van der Waals surface area contributed by atoms with Crippen LogP contribution in [0.25, 0.3) is 33.3 Å². The van der Waals surface area contributed by atoms with Crippen molar-refractivity contribution in [3.63, 3.8) is 0 Å². The molecule has 0 aliphatic rings. The summed E-state index contributed by atoms with van der Waals surface area (Å²) in [5.74, 6) is 0. The predicted octanol–water partition coefficient (Wildman–Crippen LogP) is 6.09. The summed E-state index contributed by atoms with van der Waals surface area (Å²) in [5, 5.41) is 10.8. The van der Waals surface area contributed by atoms with Gasteiger partial charge in [-0.3, -0.25) is 0 Å². The number of fused-ring (bicyclic) bond motifs is 1. The first-order valence-electron chi connectivity index (χ1n) is 7.91. The van der Waals surface area contributed by atoms with Crippen LogP contribution in [0.15, 0.2) is 78.9 Å². The molecule has 0 amide bonds. The average Bonchev–Trinajstić information content (AvgIpc) is 2.68. The highest BCUT2D eigenvalue weighted by atomic mass is 35.5. The van der Waals surface area contributed by atoms with Crippen molar-refractivity contribution >= 4 is 22.5 Å². The van der Waals surface area contributed by atoms with Crippen molar-refractivity contribution in [3.05, 3.63) is 89.4 Å². The van der Waals surface area contributed by atoms with Crippen LogP contribution in [0.4, 0.5) is 0 Å². The third kappa shape index (κ3) is 2.98. The van der Waals surface area contributed by atoms with Crippen molar-refractivity contribution in [3.8, 4) is 28.5 Å². The summed E-state index contributed by atoms with van der Waals surface area (Å²) in [5.41, 5.74) is 5.66. The molecule has 0 unspecified atom stereocenters. The lowest BCUT2D eigenvalue weighted by Gasteiger charge is -2.10. The molecule has 0 bridgehead atoms. The first-order valence-corrected chi connectivity index (χ1v) is 8.29. The van der Waals surface area contributed by atoms with Crippen LogP contribution < -0.4 is 0 Å². The van der Waals surface area contributed by atoms with Gasteiger partial charge in [0.1, 0.15) is 0 Å². The number of pyridine rings is 1. The SMILES string of the molecule is N#Cc1ccc(-c2cc(-c3ccc(Cl)cc3)c3ccccc3n2)cc1. The zero-order chi connectivity index (χ0) is 17.2. The molecule has 1 heterocycles. The average molecular weight is 341 g/mol. The van der Waals surface area contributed by atoms with E-state index in [1.54, 1.807) is 0 Å². The Labute approximate surface area is 151 Å². The van der Waals surface area contributed by atoms with E-state index in [9.17, 15) is 0 Å². The minimum absolute atomic E-state index is 0.641. The molecule has 0 radical (unpaired) electrons. The summed E-state index contributed by atoms with van der Waals surface area (Å²) in [6.45, 7) is 0. The largest absolute Gasteiger partial charge is 0.248 e. The van der Waals surface area contributed by atoms with Gasteiger partial charge < -0.3 is 0 Å². The molecule has 0 N–H and O–H groups in total. The van der Waals surface area contributed by atoms with Crippen LogP contribution in [-0.2, 0) is 0 Å². The number of para-hydroxylation sites is 1. The van der Waals surface area contributed by atoms with E-state index in [1.807, 2.05) is 66.7 Å². The summed E-state index contributed by atoms with van der Waals surface area (Å²) >= 11 is 6.03. The molecule has 0 aliphatic heterocycles. The van der Waals surface area contributed by atoms with Gasteiger partial charge in [-0.25, -0.2) is 4.98 Å². The van der Waals surface area contributed by atoms with Crippen molar-refractivity contribution in [1.82, 2.24) is 4.98 Å². The number of nitriles is 1. The third-order valence-electron chi connectivity index (χ3n) is 4.18. The Morgan fingerprint density at radius 3 is 2.20 bits per heavy atom. The molecule has 0 atom stereocenters. The second-order valence-corrected chi connectivity index (χ2v) is 6.20. The van der Waals surface area contributed by atoms with Gasteiger partial charge in [-0.1, -0.05) is 54.1 Å². The molecule has 0 fully saturated rings. The van der Waals surface area contributed by atoms with Gasteiger partial charge in [0.15, 0.2) is 0 Å². The Kier molecular flexibility index (Phi) is 3.93. The molecule has 0 aliphatic carbocycles. The lowest BCUT2D eigenvalue weighted by molar-refractivity contribution is 1.39. The fourth-order valence-corrected chi connectivity index (χ4v) is 3.03. The molecule has 3 aromatic carbocycles. The molecular weight excluding hydrogens is 328 g/mol. The minimum atomic E-state index is 0.641. The van der Waals surface area contributed by atoms with Crippen LogP contribution in [-0.4, -0.2) is 4.98 Å². The summed E-state index contributed by atoms with van der Waals surface area (Å²) < 4.78 is 0. The highest BCUT2D eigenvalue weighted by Gasteiger charge is 2.09. The Morgan fingerprint density at radius 1 is 0.800 bits per heavy atom. The maximum absolute atomic E-state index is 8.98. The van der Waals surface area contributed by atoms with Crippen LogP contribution >= 0.6 is 11.6 Å². The van der Waals surface area contributed by atoms with E-state index in [-0.39, 0.29) is 0 Å². The normalized spacial score (nSPS) is 10.6. The molecule has 3 heteroatoms. The van der Waals surface area contributed by atoms with E-state index in [4.69, 9.17) is 21.8 Å². The van der Waals surface area contributed by atoms with Crippen LogP contribution in [0.3, 0.4) is 0 Å². The number of nitrogens with zero attached hydrogens (tertiary/aromatic N) is 2. The Morgan fingerprint density at radius 2 is 1.48 bits per heavy atom. The van der Waals surface area contributed by atoms with E-state index in [0.29, 0.717) is 5.56 Å². The maximum atomic E-state index is 8.98. The second-order valence-electron chi connectivity index (χ2n) is 5.77. The number of hydrogen-bond donors (Lipinski definition) is 0. The quantitative estimate of drug-likeness (QED) is 0.442. The van der Waals surface area contributed by atoms with Gasteiger partial charge in [-0.05, 0) is 47.5 Å². The molecule has 0 saturated heterocycles. The third-order valence-corrected chi connectivity index (χ3v) is 4.43. The van der Waals surface area contributed by atoms with E-state index in [2.05, 4.69) is 18.2 Å². The fourth-order valence-electron chi connectivity index (χ4n) is 2.91. The van der Waals surface area contributed by atoms with Crippen molar-refractivity contribution in [2.45, 2.75) is 0 Å². The molecule has 0 spiro atoms. The van der Waals surface area contributed by atoms with E-state index < -0.39 is 0 Å². The second kappa shape index (κ2) is 6.39. The number of halogens is 1. The molecule has 2 nitrogen and oxygen atoms in total.